The van der Waals surface area contributed by atoms with Crippen molar-refractivity contribution < 1.29 is 10.2 Å². The van der Waals surface area contributed by atoms with E-state index in [0.29, 0.717) is 0 Å². The molecule has 0 spiro atoms. The minimum absolute atomic E-state index is 0.235. The number of benzene rings is 9. The number of aromatic hydroxyl groups is 2. The molecule has 0 saturated carbocycles. The van der Waals surface area contributed by atoms with Crippen molar-refractivity contribution >= 4 is 55.7 Å². The minimum atomic E-state index is 0.235. The first-order chi connectivity index (χ1) is 26.6. The number of hydrogen-bond acceptors (Lipinski definition) is 4. The Kier molecular flexibility index (Phi) is 8.46. The fourth-order valence-electron chi connectivity index (χ4n) is 7.45. The molecule has 0 atom stereocenters. The second kappa shape index (κ2) is 14.0. The van der Waals surface area contributed by atoms with Gasteiger partial charge in [-0.3, -0.25) is 0 Å². The summed E-state index contributed by atoms with van der Waals surface area (Å²) in [7, 11) is 0. The number of phenols is 2. The Morgan fingerprint density at radius 2 is 0.537 bits per heavy atom. The molecule has 9 aromatic rings. The average molecular weight is 697 g/mol. The predicted molar refractivity (Wildman–Crippen MR) is 225 cm³/mol. The van der Waals surface area contributed by atoms with E-state index < -0.39 is 0 Å². The van der Waals surface area contributed by atoms with Crippen LogP contribution in [0.15, 0.2) is 206 Å². The van der Waals surface area contributed by atoms with Gasteiger partial charge >= 0.3 is 0 Å². The van der Waals surface area contributed by atoms with Crippen molar-refractivity contribution in [3.63, 3.8) is 0 Å². The Balaban J connectivity index is 1.47. The van der Waals surface area contributed by atoms with Crippen LogP contribution >= 0.6 is 0 Å². The summed E-state index contributed by atoms with van der Waals surface area (Å²) in [4.78, 5) is 4.73. The van der Waals surface area contributed by atoms with Crippen LogP contribution in [0.1, 0.15) is 0 Å². The van der Waals surface area contributed by atoms with Gasteiger partial charge < -0.3 is 20.0 Å². The summed E-state index contributed by atoms with van der Waals surface area (Å²) in [5.74, 6) is 0.470. The van der Waals surface area contributed by atoms with Crippen LogP contribution in [-0.2, 0) is 0 Å². The van der Waals surface area contributed by atoms with Gasteiger partial charge in [0.15, 0.2) is 0 Å². The first kappa shape index (κ1) is 32.6. The molecule has 0 saturated heterocycles. The molecule has 9 rings (SSSR count). The van der Waals surface area contributed by atoms with Crippen molar-refractivity contribution in [2.24, 2.45) is 0 Å². The number of hydrogen-bond donors (Lipinski definition) is 2. The SMILES string of the molecule is Oc1ccc(-c2ccc3c(N(c4ccccc4)c4ccccc4)c4cc(-c5ccc(O)cc5)ccc4c(N(c4ccccc4)c4ccccc4)c3c2)cc1. The summed E-state index contributed by atoms with van der Waals surface area (Å²) in [6.07, 6.45) is 0. The van der Waals surface area contributed by atoms with E-state index in [1.165, 1.54) is 0 Å². The number of para-hydroxylation sites is 4. The van der Waals surface area contributed by atoms with Crippen LogP contribution in [0.3, 0.4) is 0 Å². The number of phenolic OH excluding ortho intramolecular Hbond substituents is 2. The molecule has 9 aromatic carbocycles. The monoisotopic (exact) mass is 696 g/mol. The highest BCUT2D eigenvalue weighted by molar-refractivity contribution is 6.24. The molecule has 0 aliphatic rings. The lowest BCUT2D eigenvalue weighted by Crippen LogP contribution is -2.14. The molecular formula is C50H36N2O2. The van der Waals surface area contributed by atoms with E-state index >= 15 is 0 Å². The van der Waals surface area contributed by atoms with Crippen LogP contribution < -0.4 is 9.80 Å². The van der Waals surface area contributed by atoms with E-state index in [0.717, 1.165) is 77.9 Å². The minimum Gasteiger partial charge on any atom is -0.508 e. The molecule has 0 aromatic heterocycles. The third-order valence-corrected chi connectivity index (χ3v) is 9.97. The molecule has 0 bridgehead atoms. The molecule has 54 heavy (non-hydrogen) atoms. The smallest absolute Gasteiger partial charge is 0.115 e. The third kappa shape index (κ3) is 6.06. The predicted octanol–water partition coefficient (Wildman–Crippen LogP) is 13.7. The van der Waals surface area contributed by atoms with Crippen LogP contribution in [0, 0.1) is 0 Å². The summed E-state index contributed by atoms with van der Waals surface area (Å²) in [5, 5.41) is 24.6. The maximum absolute atomic E-state index is 10.2. The van der Waals surface area contributed by atoms with Crippen LogP contribution in [0.5, 0.6) is 11.5 Å². The van der Waals surface area contributed by atoms with Crippen molar-refractivity contribution in [2.75, 3.05) is 9.80 Å². The molecule has 0 radical (unpaired) electrons. The van der Waals surface area contributed by atoms with Gasteiger partial charge in [-0.15, -0.1) is 0 Å². The fraction of sp³-hybridized carbons (Fsp3) is 0. The zero-order valence-corrected chi connectivity index (χ0v) is 29.4. The quantitative estimate of drug-likeness (QED) is 0.123. The normalized spacial score (nSPS) is 11.1. The molecule has 4 nitrogen and oxygen atoms in total. The first-order valence-electron chi connectivity index (χ1n) is 18.1. The van der Waals surface area contributed by atoms with Crippen LogP contribution in [-0.4, -0.2) is 10.2 Å². The second-order valence-corrected chi connectivity index (χ2v) is 13.3. The number of anilines is 6. The van der Waals surface area contributed by atoms with Gasteiger partial charge in [0.2, 0.25) is 0 Å². The Labute approximate surface area is 314 Å². The van der Waals surface area contributed by atoms with Gasteiger partial charge in [0.25, 0.3) is 0 Å². The lowest BCUT2D eigenvalue weighted by Gasteiger charge is -2.33. The van der Waals surface area contributed by atoms with Gasteiger partial charge in [-0.2, -0.15) is 0 Å². The number of fused-ring (bicyclic) bond motifs is 2. The molecule has 0 fully saturated rings. The standard InChI is InChI=1S/C50H36N2O2/c53-43-27-21-35(22-28-43)37-26-32-46-47(33-37)49(51(39-13-5-1-6-14-39)40-15-7-2-8-16-40)45-31-25-38(36-23-29-44(54)30-24-36)34-48(45)50(46)52(41-17-9-3-10-18-41)42-19-11-4-12-20-42/h1-34,53-54H. The molecule has 2 N–H and O–H groups in total. The lowest BCUT2D eigenvalue weighted by molar-refractivity contribution is 0.475. The Morgan fingerprint density at radius 1 is 0.259 bits per heavy atom. The van der Waals surface area contributed by atoms with E-state index in [1.54, 1.807) is 24.3 Å². The van der Waals surface area contributed by atoms with Gasteiger partial charge in [0.1, 0.15) is 11.5 Å². The van der Waals surface area contributed by atoms with Gasteiger partial charge in [0.05, 0.1) is 11.4 Å². The molecule has 0 aliphatic carbocycles. The van der Waals surface area contributed by atoms with Crippen molar-refractivity contribution in [1.82, 2.24) is 0 Å². The van der Waals surface area contributed by atoms with Crippen LogP contribution in [0.2, 0.25) is 0 Å². The summed E-state index contributed by atoms with van der Waals surface area (Å²) in [5.41, 5.74) is 10.4. The number of nitrogens with zero attached hydrogens (tertiary/aromatic N) is 2. The van der Waals surface area contributed by atoms with E-state index in [1.807, 2.05) is 24.3 Å². The van der Waals surface area contributed by atoms with E-state index in [9.17, 15) is 10.2 Å². The molecule has 258 valence electrons. The molecule has 4 heteroatoms. The van der Waals surface area contributed by atoms with E-state index in [2.05, 4.69) is 168 Å². The second-order valence-electron chi connectivity index (χ2n) is 13.3. The third-order valence-electron chi connectivity index (χ3n) is 9.97. The first-order valence-corrected chi connectivity index (χ1v) is 18.1. The maximum Gasteiger partial charge on any atom is 0.115 e. The van der Waals surface area contributed by atoms with Crippen molar-refractivity contribution in [3.05, 3.63) is 206 Å². The van der Waals surface area contributed by atoms with Gasteiger partial charge in [-0.1, -0.05) is 121 Å². The van der Waals surface area contributed by atoms with E-state index in [-0.39, 0.29) is 11.5 Å². The van der Waals surface area contributed by atoms with Crippen molar-refractivity contribution in [3.8, 4) is 33.8 Å². The Morgan fingerprint density at radius 3 is 0.833 bits per heavy atom. The Hall–Kier alpha value is -7.30. The highest BCUT2D eigenvalue weighted by Crippen LogP contribution is 2.52. The summed E-state index contributed by atoms with van der Waals surface area (Å²) in [6.45, 7) is 0. The van der Waals surface area contributed by atoms with Crippen LogP contribution in [0.4, 0.5) is 34.1 Å². The van der Waals surface area contributed by atoms with Gasteiger partial charge in [-0.25, -0.2) is 0 Å². The Bertz CT molecular complexity index is 2430. The highest BCUT2D eigenvalue weighted by Gasteiger charge is 2.26. The average Bonchev–Trinajstić information content (AvgIpc) is 3.23. The zero-order chi connectivity index (χ0) is 36.4. The van der Waals surface area contributed by atoms with Crippen molar-refractivity contribution in [1.29, 1.82) is 0 Å². The summed E-state index contributed by atoms with van der Waals surface area (Å²) in [6, 6.07) is 70.4. The topological polar surface area (TPSA) is 46.9 Å². The zero-order valence-electron chi connectivity index (χ0n) is 29.4. The molecule has 0 heterocycles. The highest BCUT2D eigenvalue weighted by atomic mass is 16.3. The largest absolute Gasteiger partial charge is 0.508 e. The maximum atomic E-state index is 10.2. The molecule has 0 aliphatic heterocycles. The van der Waals surface area contributed by atoms with Crippen LogP contribution in [0.25, 0.3) is 43.8 Å². The number of rotatable bonds is 8. The van der Waals surface area contributed by atoms with Gasteiger partial charge in [0, 0.05) is 44.3 Å². The summed E-state index contributed by atoms with van der Waals surface area (Å²) < 4.78 is 0. The van der Waals surface area contributed by atoms with Crippen molar-refractivity contribution in [2.45, 2.75) is 0 Å². The summed E-state index contributed by atoms with van der Waals surface area (Å²) >= 11 is 0. The fourth-order valence-corrected chi connectivity index (χ4v) is 7.45. The molecule has 0 amide bonds. The lowest BCUT2D eigenvalue weighted by atomic mass is 9.91. The molecular weight excluding hydrogens is 661 g/mol. The van der Waals surface area contributed by atoms with E-state index in [4.69, 9.17) is 0 Å². The van der Waals surface area contributed by atoms with Gasteiger partial charge in [-0.05, 0) is 107 Å². The molecule has 0 unspecified atom stereocenters.